The molecule has 214 valence electrons. The van der Waals surface area contributed by atoms with Gasteiger partial charge in [-0.25, -0.2) is 9.97 Å². The molecule has 0 saturated heterocycles. The first-order valence-corrected chi connectivity index (χ1v) is 15.2. The summed E-state index contributed by atoms with van der Waals surface area (Å²) in [6.45, 7) is 2.29. The molecule has 1 aliphatic carbocycles. The Morgan fingerprint density at radius 1 is 0.489 bits per heavy atom. The molecule has 8 rings (SSSR count). The predicted octanol–water partition coefficient (Wildman–Crippen LogP) is 9.32. The molecule has 4 heterocycles. The first-order chi connectivity index (χ1) is 22.2. The van der Waals surface area contributed by atoms with Gasteiger partial charge in [0, 0.05) is 35.0 Å². The van der Waals surface area contributed by atoms with Gasteiger partial charge in [0.2, 0.25) is 0 Å². The third-order valence-electron chi connectivity index (χ3n) is 8.44. The van der Waals surface area contributed by atoms with Crippen molar-refractivity contribution in [3.63, 3.8) is 0 Å². The number of benzene rings is 3. The second kappa shape index (κ2) is 11.4. The number of aromatic nitrogens is 5. The van der Waals surface area contributed by atoms with Crippen molar-refractivity contribution in [3.8, 4) is 67.7 Å². The molecule has 7 aromatic rings. The summed E-state index contributed by atoms with van der Waals surface area (Å²) in [6, 6.07) is 43.8. The maximum atomic E-state index is 5.32. The molecule has 1 unspecified atom stereocenters. The minimum Gasteiger partial charge on any atom is -0.255 e. The van der Waals surface area contributed by atoms with Gasteiger partial charge in [0.15, 0.2) is 5.82 Å². The largest absolute Gasteiger partial charge is 0.255 e. The van der Waals surface area contributed by atoms with E-state index in [-0.39, 0.29) is 0 Å². The van der Waals surface area contributed by atoms with E-state index in [1.807, 2.05) is 42.5 Å². The average molecular weight is 580 g/mol. The van der Waals surface area contributed by atoms with Crippen LogP contribution in [0, 0.1) is 0 Å². The van der Waals surface area contributed by atoms with Crippen LogP contribution in [-0.2, 0) is 6.42 Å². The number of nitrogens with zero attached hydrogens (tertiary/aromatic N) is 5. The van der Waals surface area contributed by atoms with Crippen molar-refractivity contribution in [3.05, 3.63) is 151 Å². The monoisotopic (exact) mass is 579 g/mol. The zero-order valence-electron chi connectivity index (χ0n) is 24.8. The van der Waals surface area contributed by atoms with Crippen LogP contribution in [0.4, 0.5) is 0 Å². The van der Waals surface area contributed by atoms with Crippen LogP contribution in [0.5, 0.6) is 0 Å². The van der Waals surface area contributed by atoms with Gasteiger partial charge >= 0.3 is 0 Å². The predicted molar refractivity (Wildman–Crippen MR) is 180 cm³/mol. The van der Waals surface area contributed by atoms with Crippen LogP contribution in [-0.4, -0.2) is 24.9 Å². The van der Waals surface area contributed by atoms with Crippen molar-refractivity contribution in [2.24, 2.45) is 0 Å². The third kappa shape index (κ3) is 5.08. The molecule has 0 N–H and O–H groups in total. The van der Waals surface area contributed by atoms with Gasteiger partial charge in [0.05, 0.1) is 28.5 Å². The lowest BCUT2D eigenvalue weighted by molar-refractivity contribution is 0.722. The van der Waals surface area contributed by atoms with Crippen molar-refractivity contribution in [2.75, 3.05) is 0 Å². The molecule has 0 bridgehead atoms. The highest BCUT2D eigenvalue weighted by molar-refractivity contribution is 5.90. The van der Waals surface area contributed by atoms with Crippen LogP contribution in [0.15, 0.2) is 140 Å². The molecule has 1 aliphatic rings. The highest BCUT2D eigenvalue weighted by atomic mass is 14.9. The topological polar surface area (TPSA) is 64.5 Å². The van der Waals surface area contributed by atoms with Gasteiger partial charge in [-0.3, -0.25) is 15.0 Å². The first kappa shape index (κ1) is 26.8. The number of rotatable bonds is 5. The third-order valence-corrected chi connectivity index (χ3v) is 8.44. The van der Waals surface area contributed by atoms with Crippen LogP contribution < -0.4 is 0 Å². The molecule has 0 aliphatic heterocycles. The van der Waals surface area contributed by atoms with E-state index in [1.165, 1.54) is 27.8 Å². The van der Waals surface area contributed by atoms with Crippen molar-refractivity contribution in [1.29, 1.82) is 0 Å². The smallest absolute Gasteiger partial charge is 0.179 e. The van der Waals surface area contributed by atoms with Gasteiger partial charge in [-0.15, -0.1) is 0 Å². The van der Waals surface area contributed by atoms with Crippen molar-refractivity contribution < 1.29 is 0 Å². The molecule has 3 aromatic carbocycles. The highest BCUT2D eigenvalue weighted by Crippen LogP contribution is 2.45. The molecule has 5 heteroatoms. The zero-order valence-corrected chi connectivity index (χ0v) is 24.8. The van der Waals surface area contributed by atoms with Gasteiger partial charge in [-0.1, -0.05) is 97.9 Å². The summed E-state index contributed by atoms with van der Waals surface area (Å²) in [7, 11) is 0. The summed E-state index contributed by atoms with van der Waals surface area (Å²) >= 11 is 0. The van der Waals surface area contributed by atoms with Gasteiger partial charge in [0.25, 0.3) is 0 Å². The molecule has 0 amide bonds. The lowest BCUT2D eigenvalue weighted by Gasteiger charge is -2.27. The maximum absolute atomic E-state index is 5.32. The molecule has 4 aromatic heterocycles. The van der Waals surface area contributed by atoms with Gasteiger partial charge in [0.1, 0.15) is 5.69 Å². The lowest BCUT2D eigenvalue weighted by atomic mass is 9.79. The molecular weight excluding hydrogens is 550 g/mol. The lowest BCUT2D eigenvalue weighted by Crippen LogP contribution is -2.12. The first-order valence-electron chi connectivity index (χ1n) is 15.2. The fraction of sp³-hybridized carbons (Fsp3) is 0.0750. The van der Waals surface area contributed by atoms with Crippen LogP contribution in [0.25, 0.3) is 67.7 Å². The van der Waals surface area contributed by atoms with Crippen molar-refractivity contribution in [2.45, 2.75) is 19.3 Å². The molecule has 0 radical (unpaired) electrons. The summed E-state index contributed by atoms with van der Waals surface area (Å²) in [6.07, 6.45) is 4.52. The van der Waals surface area contributed by atoms with E-state index in [2.05, 4.69) is 102 Å². The number of hydrogen-bond acceptors (Lipinski definition) is 5. The molecule has 5 nitrogen and oxygen atoms in total. The van der Waals surface area contributed by atoms with Gasteiger partial charge in [-0.2, -0.15) is 0 Å². The van der Waals surface area contributed by atoms with Crippen molar-refractivity contribution >= 4 is 0 Å². The summed E-state index contributed by atoms with van der Waals surface area (Å²) in [5.41, 5.74) is 13.6. The van der Waals surface area contributed by atoms with Crippen LogP contribution in [0.2, 0.25) is 0 Å². The molecule has 45 heavy (non-hydrogen) atoms. The second-order valence-corrected chi connectivity index (χ2v) is 11.4. The summed E-state index contributed by atoms with van der Waals surface area (Å²) in [5.74, 6) is 0.878. The minimum absolute atomic E-state index is 0.313. The molecule has 0 fully saturated rings. The molecule has 1 atom stereocenters. The maximum Gasteiger partial charge on any atom is 0.179 e. The van der Waals surface area contributed by atoms with E-state index in [4.69, 9.17) is 15.0 Å². The Balaban J connectivity index is 1.24. The zero-order chi connectivity index (χ0) is 30.2. The fourth-order valence-electron chi connectivity index (χ4n) is 6.23. The summed E-state index contributed by atoms with van der Waals surface area (Å²) in [5, 5.41) is 0. The van der Waals surface area contributed by atoms with Crippen LogP contribution >= 0.6 is 0 Å². The summed E-state index contributed by atoms with van der Waals surface area (Å²) < 4.78 is 0. The average Bonchev–Trinajstić information content (AvgIpc) is 3.12. The second-order valence-electron chi connectivity index (χ2n) is 11.4. The Kier molecular flexibility index (Phi) is 6.76. The standard InChI is InChI=1S/C40H29N5/c1-26-23-30-13-5-6-14-31(30)38-32(27-11-3-2-4-12-27)24-35(43-39(26)38)28-17-19-29(20-18-28)36-25-37(33-15-7-9-21-41-33)45-40(44-36)34-16-8-10-22-42-34/h2-22,24-26H,23H2,1H3. The van der Waals surface area contributed by atoms with E-state index in [9.17, 15) is 0 Å². The molecular formula is C40H29N5. The number of fused-ring (bicyclic) bond motifs is 3. The SMILES string of the molecule is CC1Cc2ccccc2-c2c(-c3ccccc3)cc(-c3ccc(-c4cc(-c5ccccn5)nc(-c5ccccn5)n4)cc3)nc21. The fourth-order valence-corrected chi connectivity index (χ4v) is 6.23. The Bertz CT molecular complexity index is 2070. The Hall–Kier alpha value is -5.81. The summed E-state index contributed by atoms with van der Waals surface area (Å²) in [4.78, 5) is 24.1. The van der Waals surface area contributed by atoms with Crippen LogP contribution in [0.1, 0.15) is 24.1 Å². The van der Waals surface area contributed by atoms with E-state index in [0.717, 1.165) is 51.7 Å². The Morgan fingerprint density at radius 3 is 1.82 bits per heavy atom. The minimum atomic E-state index is 0.313. The van der Waals surface area contributed by atoms with E-state index in [1.54, 1.807) is 12.4 Å². The Morgan fingerprint density at radius 2 is 1.11 bits per heavy atom. The molecule has 0 saturated carbocycles. The van der Waals surface area contributed by atoms with Crippen molar-refractivity contribution in [1.82, 2.24) is 24.9 Å². The van der Waals surface area contributed by atoms with E-state index < -0.39 is 0 Å². The number of hydrogen-bond donors (Lipinski definition) is 0. The highest BCUT2D eigenvalue weighted by Gasteiger charge is 2.27. The van der Waals surface area contributed by atoms with Gasteiger partial charge < -0.3 is 0 Å². The van der Waals surface area contributed by atoms with E-state index >= 15 is 0 Å². The number of pyridine rings is 3. The van der Waals surface area contributed by atoms with Crippen LogP contribution in [0.3, 0.4) is 0 Å². The molecule has 0 spiro atoms. The Labute approximate surface area is 262 Å². The van der Waals surface area contributed by atoms with E-state index in [0.29, 0.717) is 11.7 Å². The van der Waals surface area contributed by atoms with Gasteiger partial charge in [-0.05, 0) is 65.1 Å². The normalized spacial score (nSPS) is 13.6. The quantitative estimate of drug-likeness (QED) is 0.203.